The number of carbonyl (C=O) groups is 2. The van der Waals surface area contributed by atoms with Gasteiger partial charge in [-0.1, -0.05) is 18.2 Å². The number of anilines is 1. The lowest BCUT2D eigenvalue weighted by molar-refractivity contribution is -0.140. The molecule has 0 heterocycles. The fraction of sp³-hybridized carbons (Fsp3) is 0.652. The minimum absolute atomic E-state index is 0.117. The van der Waals surface area contributed by atoms with Gasteiger partial charge in [-0.3, -0.25) is 9.59 Å². The summed E-state index contributed by atoms with van der Waals surface area (Å²) in [6, 6.07) is 5.97. The van der Waals surface area contributed by atoms with Gasteiger partial charge in [0.1, 0.15) is 0 Å². The molecule has 0 aromatic heterocycles. The SMILES string of the molecule is Cc1cccc(C)c1NC(=O)CN(C)C(=O)CC12CC3CC(CC(C3)C1)C2. The average molecular weight is 369 g/mol. The summed E-state index contributed by atoms with van der Waals surface area (Å²) in [6.45, 7) is 4.11. The highest BCUT2D eigenvalue weighted by Crippen LogP contribution is 2.61. The van der Waals surface area contributed by atoms with Crippen molar-refractivity contribution in [3.05, 3.63) is 29.3 Å². The van der Waals surface area contributed by atoms with Crippen LogP contribution in [-0.2, 0) is 9.59 Å². The molecule has 4 saturated carbocycles. The highest BCUT2D eigenvalue weighted by atomic mass is 16.2. The van der Waals surface area contributed by atoms with Crippen molar-refractivity contribution in [2.75, 3.05) is 18.9 Å². The van der Waals surface area contributed by atoms with Crippen LogP contribution in [0.3, 0.4) is 0 Å². The second-order valence-electron chi connectivity index (χ2n) is 9.66. The van der Waals surface area contributed by atoms with Crippen molar-refractivity contribution in [1.29, 1.82) is 0 Å². The Morgan fingerprint density at radius 1 is 1.04 bits per heavy atom. The van der Waals surface area contributed by atoms with E-state index in [9.17, 15) is 9.59 Å². The van der Waals surface area contributed by atoms with E-state index in [2.05, 4.69) is 5.32 Å². The lowest BCUT2D eigenvalue weighted by Crippen LogP contribution is -2.48. The minimum atomic E-state index is -0.117. The Hall–Kier alpha value is -1.84. The molecule has 0 atom stereocenters. The van der Waals surface area contributed by atoms with E-state index in [4.69, 9.17) is 0 Å². The molecule has 1 aromatic rings. The summed E-state index contributed by atoms with van der Waals surface area (Å²) in [6.07, 6.45) is 8.49. The van der Waals surface area contributed by atoms with E-state index in [1.807, 2.05) is 32.0 Å². The van der Waals surface area contributed by atoms with Crippen LogP contribution in [0, 0.1) is 37.0 Å². The maximum Gasteiger partial charge on any atom is 0.243 e. The molecule has 4 bridgehead atoms. The lowest BCUT2D eigenvalue weighted by atomic mass is 9.49. The van der Waals surface area contributed by atoms with Gasteiger partial charge in [0, 0.05) is 19.2 Å². The van der Waals surface area contributed by atoms with Gasteiger partial charge < -0.3 is 10.2 Å². The molecule has 27 heavy (non-hydrogen) atoms. The molecule has 2 amide bonds. The monoisotopic (exact) mass is 368 g/mol. The van der Waals surface area contributed by atoms with Crippen molar-refractivity contribution in [3.8, 4) is 0 Å². The molecular formula is C23H32N2O2. The molecule has 0 spiro atoms. The number of rotatable bonds is 5. The van der Waals surface area contributed by atoms with E-state index in [1.165, 1.54) is 38.5 Å². The first kappa shape index (κ1) is 18.5. The van der Waals surface area contributed by atoms with Crippen LogP contribution in [0.2, 0.25) is 0 Å². The van der Waals surface area contributed by atoms with Crippen LogP contribution in [0.25, 0.3) is 0 Å². The molecule has 5 rings (SSSR count). The Bertz CT molecular complexity index is 699. The third-order valence-electron chi connectivity index (χ3n) is 7.24. The van der Waals surface area contributed by atoms with E-state index < -0.39 is 0 Å². The molecule has 1 aromatic carbocycles. The molecule has 0 aliphatic heterocycles. The Morgan fingerprint density at radius 2 is 1.56 bits per heavy atom. The number of likely N-dealkylation sites (N-methyl/N-ethyl adjacent to an activating group) is 1. The van der Waals surface area contributed by atoms with Gasteiger partial charge in [0.2, 0.25) is 11.8 Å². The number of benzene rings is 1. The van der Waals surface area contributed by atoms with Gasteiger partial charge in [-0.2, -0.15) is 0 Å². The molecule has 4 aliphatic carbocycles. The molecule has 4 nitrogen and oxygen atoms in total. The van der Waals surface area contributed by atoms with E-state index in [-0.39, 0.29) is 23.8 Å². The summed E-state index contributed by atoms with van der Waals surface area (Å²) < 4.78 is 0. The Labute approximate surface area is 162 Å². The number of amides is 2. The fourth-order valence-corrected chi connectivity index (χ4v) is 6.46. The summed E-state index contributed by atoms with van der Waals surface area (Å²) in [5.41, 5.74) is 3.18. The fourth-order valence-electron chi connectivity index (χ4n) is 6.46. The quantitative estimate of drug-likeness (QED) is 0.842. The van der Waals surface area contributed by atoms with Crippen LogP contribution in [0.5, 0.6) is 0 Å². The van der Waals surface area contributed by atoms with E-state index >= 15 is 0 Å². The number of nitrogens with zero attached hydrogens (tertiary/aromatic N) is 1. The number of aryl methyl sites for hydroxylation is 2. The predicted molar refractivity (Wildman–Crippen MR) is 107 cm³/mol. The van der Waals surface area contributed by atoms with Crippen molar-refractivity contribution in [1.82, 2.24) is 4.90 Å². The Balaban J connectivity index is 1.35. The van der Waals surface area contributed by atoms with Gasteiger partial charge in [0.15, 0.2) is 0 Å². The zero-order valence-electron chi connectivity index (χ0n) is 16.9. The largest absolute Gasteiger partial charge is 0.336 e. The summed E-state index contributed by atoms with van der Waals surface area (Å²) in [7, 11) is 1.77. The molecule has 1 N–H and O–H groups in total. The predicted octanol–water partition coefficient (Wildman–Crippen LogP) is 4.31. The van der Waals surface area contributed by atoms with Crippen LogP contribution in [-0.4, -0.2) is 30.3 Å². The first-order chi connectivity index (χ1) is 12.8. The summed E-state index contributed by atoms with van der Waals surface area (Å²) in [5.74, 6) is 2.56. The number of hydrogen-bond acceptors (Lipinski definition) is 2. The van der Waals surface area contributed by atoms with Crippen molar-refractivity contribution < 1.29 is 9.59 Å². The summed E-state index contributed by atoms with van der Waals surface area (Å²) in [5, 5.41) is 2.99. The average Bonchev–Trinajstić information content (AvgIpc) is 2.56. The van der Waals surface area contributed by atoms with Crippen LogP contribution in [0.15, 0.2) is 18.2 Å². The maximum absolute atomic E-state index is 12.9. The van der Waals surface area contributed by atoms with E-state index in [1.54, 1.807) is 11.9 Å². The molecule has 4 aliphatic rings. The highest BCUT2D eigenvalue weighted by Gasteiger charge is 2.51. The maximum atomic E-state index is 12.9. The normalized spacial score (nSPS) is 31.0. The van der Waals surface area contributed by atoms with Crippen LogP contribution >= 0.6 is 0 Å². The zero-order chi connectivity index (χ0) is 19.2. The van der Waals surface area contributed by atoms with Gasteiger partial charge in [0.05, 0.1) is 6.54 Å². The van der Waals surface area contributed by atoms with Crippen molar-refractivity contribution >= 4 is 17.5 Å². The smallest absolute Gasteiger partial charge is 0.243 e. The number of para-hydroxylation sites is 1. The topological polar surface area (TPSA) is 49.4 Å². The highest BCUT2D eigenvalue weighted by molar-refractivity contribution is 5.95. The third kappa shape index (κ3) is 3.76. The molecule has 0 saturated heterocycles. The molecule has 0 radical (unpaired) electrons. The minimum Gasteiger partial charge on any atom is -0.336 e. The van der Waals surface area contributed by atoms with E-state index in [0.29, 0.717) is 6.42 Å². The first-order valence-corrected chi connectivity index (χ1v) is 10.4. The van der Waals surface area contributed by atoms with Gasteiger partial charge in [0.25, 0.3) is 0 Å². The van der Waals surface area contributed by atoms with Gasteiger partial charge >= 0.3 is 0 Å². The molecule has 0 unspecified atom stereocenters. The first-order valence-electron chi connectivity index (χ1n) is 10.4. The van der Waals surface area contributed by atoms with Crippen LogP contribution in [0.1, 0.15) is 56.1 Å². The van der Waals surface area contributed by atoms with Gasteiger partial charge in [-0.05, 0) is 86.7 Å². The number of nitrogens with one attached hydrogen (secondary N) is 1. The third-order valence-corrected chi connectivity index (χ3v) is 7.24. The van der Waals surface area contributed by atoms with Crippen LogP contribution in [0.4, 0.5) is 5.69 Å². The van der Waals surface area contributed by atoms with Gasteiger partial charge in [-0.25, -0.2) is 0 Å². The second-order valence-corrected chi connectivity index (χ2v) is 9.66. The lowest BCUT2D eigenvalue weighted by Gasteiger charge is -2.56. The number of carbonyl (C=O) groups excluding carboxylic acids is 2. The number of hydrogen-bond donors (Lipinski definition) is 1. The molecule has 146 valence electrons. The summed E-state index contributed by atoms with van der Waals surface area (Å²) >= 11 is 0. The Morgan fingerprint density at radius 3 is 2.07 bits per heavy atom. The molecular weight excluding hydrogens is 336 g/mol. The Kier molecular flexibility index (Phi) is 4.77. The summed E-state index contributed by atoms with van der Waals surface area (Å²) in [4.78, 5) is 27.0. The van der Waals surface area contributed by atoms with Crippen LogP contribution < -0.4 is 5.32 Å². The zero-order valence-corrected chi connectivity index (χ0v) is 16.9. The van der Waals surface area contributed by atoms with Crippen molar-refractivity contribution in [3.63, 3.8) is 0 Å². The molecule has 4 heteroatoms. The van der Waals surface area contributed by atoms with Gasteiger partial charge in [-0.15, -0.1) is 0 Å². The standard InChI is InChI=1S/C23H32N2O2/c1-15-5-4-6-16(2)22(15)24-20(26)14-25(3)21(27)13-23-10-17-7-18(11-23)9-19(8-17)12-23/h4-6,17-19H,7-14H2,1-3H3,(H,24,26). The second kappa shape index (κ2) is 6.96. The van der Waals surface area contributed by atoms with Crippen molar-refractivity contribution in [2.24, 2.45) is 23.2 Å². The molecule has 4 fully saturated rings. The van der Waals surface area contributed by atoms with E-state index in [0.717, 1.165) is 34.6 Å². The van der Waals surface area contributed by atoms with Crippen molar-refractivity contribution in [2.45, 2.75) is 58.8 Å².